The molecular weight excluding hydrogens is 346 g/mol. The molecule has 3 rings (SSSR count). The van der Waals surface area contributed by atoms with E-state index in [9.17, 15) is 14.4 Å². The molecule has 0 radical (unpaired) electrons. The number of likely N-dealkylation sites (tertiary alicyclic amines) is 1. The molecule has 2 fully saturated rings. The Morgan fingerprint density at radius 2 is 1.93 bits per heavy atom. The molecule has 1 saturated heterocycles. The number of benzene rings is 1. The molecular formula is C20H23N3O4. The Morgan fingerprint density at radius 1 is 1.26 bits per heavy atom. The summed E-state index contributed by atoms with van der Waals surface area (Å²) >= 11 is 0. The van der Waals surface area contributed by atoms with Crippen molar-refractivity contribution >= 4 is 23.5 Å². The average molecular weight is 369 g/mol. The number of ether oxygens (including phenoxy) is 1. The Balaban J connectivity index is 1.51. The van der Waals surface area contributed by atoms with E-state index in [0.717, 1.165) is 25.7 Å². The highest BCUT2D eigenvalue weighted by Crippen LogP contribution is 2.30. The lowest BCUT2D eigenvalue weighted by Crippen LogP contribution is -2.36. The Bertz CT molecular complexity index is 762. The molecule has 1 aromatic rings. The molecule has 0 aromatic heterocycles. The van der Waals surface area contributed by atoms with Crippen molar-refractivity contribution in [2.75, 3.05) is 11.9 Å². The molecule has 0 unspecified atom stereocenters. The third-order valence-electron chi connectivity index (χ3n) is 5.20. The second kappa shape index (κ2) is 8.21. The fourth-order valence-electron chi connectivity index (χ4n) is 3.65. The Hall–Kier alpha value is -2.88. The van der Waals surface area contributed by atoms with Crippen LogP contribution in [0.1, 0.15) is 44.6 Å². The average Bonchev–Trinajstić information content (AvgIpc) is 3.31. The van der Waals surface area contributed by atoms with Crippen LogP contribution in [-0.4, -0.2) is 41.4 Å². The fraction of sp³-hybridized carbons (Fsp3) is 0.500. The summed E-state index contributed by atoms with van der Waals surface area (Å²) < 4.78 is 5.29. The second-order valence-corrected chi connectivity index (χ2v) is 7.14. The summed E-state index contributed by atoms with van der Waals surface area (Å²) in [6.07, 6.45) is 3.42. The maximum Gasteiger partial charge on any atom is 0.312 e. The van der Waals surface area contributed by atoms with Crippen molar-refractivity contribution < 1.29 is 19.1 Å². The van der Waals surface area contributed by atoms with E-state index in [0.29, 0.717) is 17.8 Å². The number of carbonyl (C=O) groups is 3. The molecule has 7 heteroatoms. The number of anilines is 1. The van der Waals surface area contributed by atoms with Gasteiger partial charge < -0.3 is 15.0 Å². The topological polar surface area (TPSA) is 99.5 Å². The van der Waals surface area contributed by atoms with Gasteiger partial charge in [-0.05, 0) is 44.0 Å². The molecule has 0 bridgehead atoms. The zero-order valence-corrected chi connectivity index (χ0v) is 15.3. The molecule has 1 N–H and O–H groups in total. The van der Waals surface area contributed by atoms with Crippen LogP contribution >= 0.6 is 0 Å². The van der Waals surface area contributed by atoms with Gasteiger partial charge in [0.05, 0.1) is 17.6 Å². The van der Waals surface area contributed by atoms with Crippen LogP contribution in [0.4, 0.5) is 5.69 Å². The molecule has 1 saturated carbocycles. The predicted molar refractivity (Wildman–Crippen MR) is 97.4 cm³/mol. The largest absolute Gasteiger partial charge is 0.452 e. The molecule has 2 atom stereocenters. The van der Waals surface area contributed by atoms with Gasteiger partial charge in [-0.25, -0.2) is 0 Å². The molecule has 1 aromatic carbocycles. The molecule has 7 nitrogen and oxygen atoms in total. The second-order valence-electron chi connectivity index (χ2n) is 7.14. The van der Waals surface area contributed by atoms with Crippen LogP contribution in [0.5, 0.6) is 0 Å². The molecule has 27 heavy (non-hydrogen) atoms. The first-order chi connectivity index (χ1) is 13.0. The lowest BCUT2D eigenvalue weighted by molar-refractivity contribution is -0.157. The van der Waals surface area contributed by atoms with E-state index in [1.807, 2.05) is 6.07 Å². The molecule has 142 valence electrons. The number of hydrogen-bond donors (Lipinski definition) is 1. The van der Waals surface area contributed by atoms with Gasteiger partial charge in [-0.2, -0.15) is 5.26 Å². The minimum absolute atomic E-state index is 0.00135. The Labute approximate surface area is 158 Å². The molecule has 1 aliphatic heterocycles. The number of nitrogens with zero attached hydrogens (tertiary/aromatic N) is 2. The van der Waals surface area contributed by atoms with Gasteiger partial charge in [0, 0.05) is 24.7 Å². The number of hydrogen-bond acceptors (Lipinski definition) is 5. The first-order valence-electron chi connectivity index (χ1n) is 9.29. The predicted octanol–water partition coefficient (Wildman–Crippen LogP) is 2.22. The van der Waals surface area contributed by atoms with E-state index in [1.54, 1.807) is 29.2 Å². The van der Waals surface area contributed by atoms with E-state index in [4.69, 9.17) is 10.00 Å². The van der Waals surface area contributed by atoms with Gasteiger partial charge in [-0.1, -0.05) is 12.8 Å². The van der Waals surface area contributed by atoms with Crippen molar-refractivity contribution in [3.8, 4) is 6.07 Å². The number of nitriles is 1. The standard InChI is InChI=1S/C20H23N3O4/c1-13(19(25)22-16-8-6-14(11-21)7-9-16)27-20(26)15-10-18(24)23(12-15)17-4-2-3-5-17/h6-9,13,15,17H,2-5,10,12H2,1H3,(H,22,25)/t13-,15-/m1/s1. The fourth-order valence-corrected chi connectivity index (χ4v) is 3.65. The number of esters is 1. The Morgan fingerprint density at radius 3 is 2.56 bits per heavy atom. The molecule has 1 aliphatic carbocycles. The van der Waals surface area contributed by atoms with E-state index >= 15 is 0 Å². The third kappa shape index (κ3) is 4.45. The SMILES string of the molecule is C[C@@H](OC(=O)[C@@H]1CC(=O)N(C2CCCC2)C1)C(=O)Nc1ccc(C#N)cc1. The molecule has 1 heterocycles. The van der Waals surface area contributed by atoms with Crippen molar-refractivity contribution in [1.82, 2.24) is 4.90 Å². The summed E-state index contributed by atoms with van der Waals surface area (Å²) in [6, 6.07) is 8.65. The van der Waals surface area contributed by atoms with Gasteiger partial charge in [-0.3, -0.25) is 14.4 Å². The van der Waals surface area contributed by atoms with E-state index in [1.165, 1.54) is 6.92 Å². The van der Waals surface area contributed by atoms with Crippen LogP contribution in [0, 0.1) is 17.2 Å². The first kappa shape index (κ1) is 18.9. The van der Waals surface area contributed by atoms with E-state index in [-0.39, 0.29) is 18.4 Å². The van der Waals surface area contributed by atoms with Crippen molar-refractivity contribution in [2.24, 2.45) is 5.92 Å². The molecule has 2 amide bonds. The van der Waals surface area contributed by atoms with Gasteiger partial charge in [0.25, 0.3) is 5.91 Å². The quantitative estimate of drug-likeness (QED) is 0.802. The van der Waals surface area contributed by atoms with Gasteiger partial charge in [0.15, 0.2) is 6.10 Å². The highest BCUT2D eigenvalue weighted by Gasteiger charge is 2.40. The van der Waals surface area contributed by atoms with Crippen LogP contribution in [0.3, 0.4) is 0 Å². The van der Waals surface area contributed by atoms with Gasteiger partial charge >= 0.3 is 5.97 Å². The summed E-state index contributed by atoms with van der Waals surface area (Å²) in [5.41, 5.74) is 1.01. The van der Waals surface area contributed by atoms with Crippen molar-refractivity contribution in [3.63, 3.8) is 0 Å². The van der Waals surface area contributed by atoms with Crippen LogP contribution in [-0.2, 0) is 19.1 Å². The summed E-state index contributed by atoms with van der Waals surface area (Å²) in [6.45, 7) is 1.88. The Kier molecular flexibility index (Phi) is 5.75. The number of amides is 2. The summed E-state index contributed by atoms with van der Waals surface area (Å²) in [7, 11) is 0. The van der Waals surface area contributed by atoms with Crippen LogP contribution in [0.2, 0.25) is 0 Å². The normalized spacial score (nSPS) is 21.0. The van der Waals surface area contributed by atoms with Gasteiger partial charge in [0.1, 0.15) is 0 Å². The zero-order valence-electron chi connectivity index (χ0n) is 15.3. The van der Waals surface area contributed by atoms with Crippen molar-refractivity contribution in [2.45, 2.75) is 51.2 Å². The highest BCUT2D eigenvalue weighted by molar-refractivity contribution is 5.95. The number of rotatable bonds is 5. The first-order valence-corrected chi connectivity index (χ1v) is 9.29. The zero-order chi connectivity index (χ0) is 19.4. The van der Waals surface area contributed by atoms with Crippen LogP contribution in [0.25, 0.3) is 0 Å². The summed E-state index contributed by atoms with van der Waals surface area (Å²) in [5, 5.41) is 11.4. The van der Waals surface area contributed by atoms with Crippen molar-refractivity contribution in [1.29, 1.82) is 5.26 Å². The monoisotopic (exact) mass is 369 g/mol. The van der Waals surface area contributed by atoms with E-state index < -0.39 is 23.9 Å². The van der Waals surface area contributed by atoms with Crippen molar-refractivity contribution in [3.05, 3.63) is 29.8 Å². The highest BCUT2D eigenvalue weighted by atomic mass is 16.5. The lowest BCUT2D eigenvalue weighted by atomic mass is 10.1. The van der Waals surface area contributed by atoms with E-state index in [2.05, 4.69) is 5.32 Å². The number of carbonyl (C=O) groups excluding carboxylic acids is 3. The molecule has 0 spiro atoms. The maximum absolute atomic E-state index is 12.4. The maximum atomic E-state index is 12.4. The van der Waals surface area contributed by atoms with Gasteiger partial charge in [-0.15, -0.1) is 0 Å². The lowest BCUT2D eigenvalue weighted by Gasteiger charge is -2.24. The van der Waals surface area contributed by atoms with Crippen LogP contribution < -0.4 is 5.32 Å². The van der Waals surface area contributed by atoms with Crippen LogP contribution in [0.15, 0.2) is 24.3 Å². The molecule has 2 aliphatic rings. The minimum Gasteiger partial charge on any atom is -0.452 e. The smallest absolute Gasteiger partial charge is 0.312 e. The summed E-state index contributed by atoms with van der Waals surface area (Å²) in [5.74, 6) is -1.47. The minimum atomic E-state index is -0.969. The summed E-state index contributed by atoms with van der Waals surface area (Å²) in [4.78, 5) is 38.6. The third-order valence-corrected chi connectivity index (χ3v) is 5.20. The number of nitrogens with one attached hydrogen (secondary N) is 1. The van der Waals surface area contributed by atoms with Gasteiger partial charge in [0.2, 0.25) is 5.91 Å².